The fourth-order valence-corrected chi connectivity index (χ4v) is 0.975. The highest BCUT2D eigenvalue weighted by Crippen LogP contribution is 2.07. The molecule has 0 aromatic rings. The molecule has 1 atom stereocenters. The first-order valence-electron chi connectivity index (χ1n) is 3.95. The van der Waals surface area contributed by atoms with Crippen LogP contribution in [0.25, 0.3) is 0 Å². The molecule has 2 nitrogen and oxygen atoms in total. The van der Waals surface area contributed by atoms with Crippen molar-refractivity contribution < 1.29 is 0 Å². The molecule has 0 spiro atoms. The lowest BCUT2D eigenvalue weighted by atomic mass is 10.1. The van der Waals surface area contributed by atoms with Gasteiger partial charge in [-0.1, -0.05) is 13.8 Å². The molecule has 3 heteroatoms. The smallest absolute Gasteiger partial charge is 0.168 e. The van der Waals surface area contributed by atoms with Gasteiger partial charge in [0.15, 0.2) is 5.11 Å². The van der Waals surface area contributed by atoms with Gasteiger partial charge in [-0.25, -0.2) is 0 Å². The lowest BCUT2D eigenvalue weighted by molar-refractivity contribution is 0.307. The van der Waals surface area contributed by atoms with Crippen LogP contribution in [-0.4, -0.2) is 30.1 Å². The zero-order chi connectivity index (χ0) is 9.02. The third kappa shape index (κ3) is 3.06. The first-order valence-corrected chi connectivity index (χ1v) is 4.36. The highest BCUT2D eigenvalue weighted by Gasteiger charge is 2.13. The Hall–Kier alpha value is -0.310. The molecule has 0 aliphatic carbocycles. The number of hydrogen-bond donors (Lipinski definition) is 1. The van der Waals surface area contributed by atoms with Crippen molar-refractivity contribution >= 4 is 17.3 Å². The monoisotopic (exact) mass is 174 g/mol. The van der Waals surface area contributed by atoms with Crippen molar-refractivity contribution in [2.24, 2.45) is 5.92 Å². The molecule has 0 radical (unpaired) electrons. The van der Waals surface area contributed by atoms with E-state index in [4.69, 9.17) is 12.2 Å². The van der Waals surface area contributed by atoms with Gasteiger partial charge >= 0.3 is 0 Å². The standard InChI is InChI=1S/C8H18N2S/c1-6(2)7(3)10(5)8(11)9-4/h6-7H,1-5H3,(H,9,11). The van der Waals surface area contributed by atoms with Gasteiger partial charge in [-0.3, -0.25) is 0 Å². The number of hydrogen-bond acceptors (Lipinski definition) is 1. The fourth-order valence-electron chi connectivity index (χ4n) is 0.809. The molecule has 0 saturated carbocycles. The van der Waals surface area contributed by atoms with Gasteiger partial charge in [-0.2, -0.15) is 0 Å². The Morgan fingerprint density at radius 3 is 2.09 bits per heavy atom. The van der Waals surface area contributed by atoms with Crippen molar-refractivity contribution in [2.75, 3.05) is 14.1 Å². The summed E-state index contributed by atoms with van der Waals surface area (Å²) < 4.78 is 0. The van der Waals surface area contributed by atoms with Crippen LogP contribution >= 0.6 is 12.2 Å². The predicted molar refractivity (Wildman–Crippen MR) is 53.7 cm³/mol. The van der Waals surface area contributed by atoms with E-state index in [1.165, 1.54) is 0 Å². The lowest BCUT2D eigenvalue weighted by Gasteiger charge is -2.29. The number of nitrogens with one attached hydrogen (secondary N) is 1. The van der Waals surface area contributed by atoms with Crippen LogP contribution in [-0.2, 0) is 0 Å². The minimum absolute atomic E-state index is 0.495. The molecule has 1 unspecified atom stereocenters. The largest absolute Gasteiger partial charge is 0.366 e. The van der Waals surface area contributed by atoms with Crippen molar-refractivity contribution in [3.8, 4) is 0 Å². The van der Waals surface area contributed by atoms with Crippen LogP contribution in [0.3, 0.4) is 0 Å². The zero-order valence-electron chi connectivity index (χ0n) is 8.01. The highest BCUT2D eigenvalue weighted by molar-refractivity contribution is 7.80. The minimum Gasteiger partial charge on any atom is -0.366 e. The Labute approximate surface area is 75.0 Å². The van der Waals surface area contributed by atoms with Crippen LogP contribution in [0.15, 0.2) is 0 Å². The van der Waals surface area contributed by atoms with E-state index >= 15 is 0 Å². The van der Waals surface area contributed by atoms with Gasteiger partial charge in [-0.15, -0.1) is 0 Å². The summed E-state index contributed by atoms with van der Waals surface area (Å²) in [4.78, 5) is 2.08. The molecule has 0 heterocycles. The number of rotatable bonds is 2. The normalized spacial score (nSPS) is 12.9. The van der Waals surface area contributed by atoms with Crippen molar-refractivity contribution in [3.63, 3.8) is 0 Å². The molecule has 66 valence electrons. The molecule has 0 aliphatic heterocycles. The average Bonchev–Trinajstić information content (AvgIpc) is 2.00. The second kappa shape index (κ2) is 4.54. The molecular weight excluding hydrogens is 156 g/mol. The second-order valence-electron chi connectivity index (χ2n) is 3.15. The molecule has 0 aromatic heterocycles. The highest BCUT2D eigenvalue weighted by atomic mass is 32.1. The zero-order valence-corrected chi connectivity index (χ0v) is 8.83. The van der Waals surface area contributed by atoms with E-state index in [1.807, 2.05) is 14.1 Å². The van der Waals surface area contributed by atoms with E-state index in [1.54, 1.807) is 0 Å². The van der Waals surface area contributed by atoms with Crippen LogP contribution in [0.5, 0.6) is 0 Å². The van der Waals surface area contributed by atoms with Gasteiger partial charge in [0.05, 0.1) is 0 Å². The summed E-state index contributed by atoms with van der Waals surface area (Å²) >= 11 is 5.09. The first kappa shape index (κ1) is 10.7. The fraction of sp³-hybridized carbons (Fsp3) is 0.875. The van der Waals surface area contributed by atoms with Crippen molar-refractivity contribution in [3.05, 3.63) is 0 Å². The maximum absolute atomic E-state index is 5.09. The van der Waals surface area contributed by atoms with Gasteiger partial charge in [0.2, 0.25) is 0 Å². The van der Waals surface area contributed by atoms with Crippen LogP contribution in [0, 0.1) is 5.92 Å². The first-order chi connectivity index (χ1) is 5.00. The maximum atomic E-state index is 5.09. The van der Waals surface area contributed by atoms with E-state index in [-0.39, 0.29) is 0 Å². The third-order valence-electron chi connectivity index (χ3n) is 2.11. The average molecular weight is 174 g/mol. The summed E-state index contributed by atoms with van der Waals surface area (Å²) in [7, 11) is 3.87. The van der Waals surface area contributed by atoms with E-state index in [0.29, 0.717) is 12.0 Å². The summed E-state index contributed by atoms with van der Waals surface area (Å²) in [5.41, 5.74) is 0. The Balaban J connectivity index is 4.01. The van der Waals surface area contributed by atoms with E-state index < -0.39 is 0 Å². The summed E-state index contributed by atoms with van der Waals surface area (Å²) in [6.07, 6.45) is 0. The summed E-state index contributed by atoms with van der Waals surface area (Å²) in [6, 6.07) is 0.495. The molecule has 0 fully saturated rings. The second-order valence-corrected chi connectivity index (χ2v) is 3.54. The Morgan fingerprint density at radius 2 is 1.82 bits per heavy atom. The topological polar surface area (TPSA) is 15.3 Å². The molecule has 1 N–H and O–H groups in total. The summed E-state index contributed by atoms with van der Waals surface area (Å²) in [6.45, 7) is 6.56. The van der Waals surface area contributed by atoms with Crippen LogP contribution in [0.1, 0.15) is 20.8 Å². The van der Waals surface area contributed by atoms with E-state index in [2.05, 4.69) is 31.0 Å². The van der Waals surface area contributed by atoms with Gasteiger partial charge in [0, 0.05) is 20.1 Å². The van der Waals surface area contributed by atoms with Crippen LogP contribution in [0.2, 0.25) is 0 Å². The number of thiocarbonyl (C=S) groups is 1. The summed E-state index contributed by atoms with van der Waals surface area (Å²) in [5.74, 6) is 0.631. The van der Waals surface area contributed by atoms with E-state index in [9.17, 15) is 0 Å². The molecule has 0 amide bonds. The van der Waals surface area contributed by atoms with Gasteiger partial charge < -0.3 is 10.2 Å². The van der Waals surface area contributed by atoms with Crippen molar-refractivity contribution in [2.45, 2.75) is 26.8 Å². The summed E-state index contributed by atoms with van der Waals surface area (Å²) in [5, 5.41) is 3.77. The number of nitrogens with zero attached hydrogens (tertiary/aromatic N) is 1. The quantitative estimate of drug-likeness (QED) is 0.638. The third-order valence-corrected chi connectivity index (χ3v) is 2.60. The van der Waals surface area contributed by atoms with Crippen molar-refractivity contribution in [1.29, 1.82) is 0 Å². The SMILES string of the molecule is CNC(=S)N(C)C(C)C(C)C. The Morgan fingerprint density at radius 1 is 1.36 bits per heavy atom. The Kier molecular flexibility index (Phi) is 4.42. The van der Waals surface area contributed by atoms with Gasteiger partial charge in [0.1, 0.15) is 0 Å². The molecule has 0 aliphatic rings. The molecular formula is C8H18N2S. The maximum Gasteiger partial charge on any atom is 0.168 e. The molecule has 0 aromatic carbocycles. The molecule has 11 heavy (non-hydrogen) atoms. The minimum atomic E-state index is 0.495. The van der Waals surface area contributed by atoms with Crippen LogP contribution in [0.4, 0.5) is 0 Å². The van der Waals surface area contributed by atoms with E-state index in [0.717, 1.165) is 5.11 Å². The predicted octanol–water partition coefficient (Wildman–Crippen LogP) is 1.47. The van der Waals surface area contributed by atoms with Gasteiger partial charge in [0.25, 0.3) is 0 Å². The molecule has 0 saturated heterocycles. The molecule has 0 rings (SSSR count). The van der Waals surface area contributed by atoms with Crippen molar-refractivity contribution in [1.82, 2.24) is 10.2 Å². The lowest BCUT2D eigenvalue weighted by Crippen LogP contribution is -2.42. The van der Waals surface area contributed by atoms with Crippen LogP contribution < -0.4 is 5.32 Å². The Bertz CT molecular complexity index is 134. The molecule has 0 bridgehead atoms. The van der Waals surface area contributed by atoms with Gasteiger partial charge in [-0.05, 0) is 25.1 Å².